The van der Waals surface area contributed by atoms with E-state index in [0.717, 1.165) is 25.1 Å². The van der Waals surface area contributed by atoms with Crippen LogP contribution in [0.3, 0.4) is 0 Å². The highest BCUT2D eigenvalue weighted by molar-refractivity contribution is 7.91. The smallest absolute Gasteiger partial charge is 0.253 e. The first-order chi connectivity index (χ1) is 11.9. The summed E-state index contributed by atoms with van der Waals surface area (Å²) in [4.78, 5) is 16.7. The van der Waals surface area contributed by atoms with Crippen LogP contribution in [0, 0.1) is 0 Å². The van der Waals surface area contributed by atoms with Gasteiger partial charge >= 0.3 is 0 Å². The maximum atomic E-state index is 12.7. The molecule has 6 nitrogen and oxygen atoms in total. The molecule has 0 unspecified atom stereocenters. The quantitative estimate of drug-likeness (QED) is 0.803. The Morgan fingerprint density at radius 3 is 2.52 bits per heavy atom. The van der Waals surface area contributed by atoms with Gasteiger partial charge in [0.1, 0.15) is 0 Å². The summed E-state index contributed by atoms with van der Waals surface area (Å²) in [7, 11) is -2.85. The highest BCUT2D eigenvalue weighted by atomic mass is 32.2. The number of hydrogen-bond donors (Lipinski definition) is 0. The van der Waals surface area contributed by atoms with Crippen LogP contribution in [0.1, 0.15) is 29.3 Å². The topological polar surface area (TPSA) is 66.9 Å². The number of rotatable bonds is 3. The van der Waals surface area contributed by atoms with Crippen LogP contribution in [0.2, 0.25) is 0 Å². The first kappa shape index (κ1) is 18.4. The van der Waals surface area contributed by atoms with Gasteiger partial charge in [-0.05, 0) is 31.0 Å². The Kier molecular flexibility index (Phi) is 5.76. The third-order valence-electron chi connectivity index (χ3n) is 4.78. The van der Waals surface area contributed by atoms with Gasteiger partial charge in [0, 0.05) is 44.9 Å². The van der Waals surface area contributed by atoms with Crippen LogP contribution >= 0.6 is 0 Å². The maximum absolute atomic E-state index is 12.7. The average Bonchev–Trinajstić information content (AvgIpc) is 2.81. The minimum atomic E-state index is -2.85. The zero-order valence-corrected chi connectivity index (χ0v) is 15.5. The summed E-state index contributed by atoms with van der Waals surface area (Å²) in [5.41, 5.74) is 1.79. The van der Waals surface area contributed by atoms with Gasteiger partial charge in [-0.15, -0.1) is 0 Å². The number of carbonyl (C=O) groups excluding carboxylic acids is 1. The fraction of sp³-hybridized carbons (Fsp3) is 0.611. The molecular weight excluding hydrogens is 340 g/mol. The van der Waals surface area contributed by atoms with E-state index < -0.39 is 9.84 Å². The number of hydrogen-bond acceptors (Lipinski definition) is 5. The van der Waals surface area contributed by atoms with Gasteiger partial charge < -0.3 is 9.64 Å². The van der Waals surface area contributed by atoms with E-state index in [-0.39, 0.29) is 23.5 Å². The van der Waals surface area contributed by atoms with Crippen LogP contribution in [0.4, 0.5) is 0 Å². The second-order valence-corrected chi connectivity index (χ2v) is 9.21. The number of amides is 1. The van der Waals surface area contributed by atoms with Crippen LogP contribution in [0.5, 0.6) is 0 Å². The summed E-state index contributed by atoms with van der Waals surface area (Å²) < 4.78 is 28.6. The summed E-state index contributed by atoms with van der Waals surface area (Å²) in [6.45, 7) is 5.93. The van der Waals surface area contributed by atoms with E-state index in [9.17, 15) is 13.2 Å². The molecule has 0 spiro atoms. The molecule has 0 aliphatic carbocycles. The summed E-state index contributed by atoms with van der Waals surface area (Å²) in [6.07, 6.45) is 0.938. The first-order valence-electron chi connectivity index (χ1n) is 8.85. The maximum Gasteiger partial charge on any atom is 0.253 e. The van der Waals surface area contributed by atoms with Crippen LogP contribution in [-0.4, -0.2) is 74.5 Å². The molecule has 0 saturated carbocycles. The zero-order chi connectivity index (χ0) is 17.9. The molecule has 2 heterocycles. The standard InChI is InChI=1S/C18H26N2O4S/c1-15-13-20(7-2-10-24-15)18(21)17-5-3-16(4-6-17)14-19-8-11-25(22,23)12-9-19/h3-6,15H,2,7-14H2,1H3/t15-/m1/s1. The van der Waals surface area contributed by atoms with Crippen molar-refractivity contribution in [1.82, 2.24) is 9.80 Å². The van der Waals surface area contributed by atoms with Crippen molar-refractivity contribution < 1.29 is 17.9 Å². The molecule has 1 aromatic rings. The molecular formula is C18H26N2O4S. The second kappa shape index (κ2) is 7.85. The summed E-state index contributed by atoms with van der Waals surface area (Å²) >= 11 is 0. The lowest BCUT2D eigenvalue weighted by Gasteiger charge is -2.26. The van der Waals surface area contributed by atoms with E-state index in [2.05, 4.69) is 4.90 Å². The van der Waals surface area contributed by atoms with Crippen molar-refractivity contribution in [1.29, 1.82) is 0 Å². The number of benzene rings is 1. The van der Waals surface area contributed by atoms with Crippen molar-refractivity contribution in [3.05, 3.63) is 35.4 Å². The predicted octanol–water partition coefficient (Wildman–Crippen LogP) is 1.17. The molecule has 138 valence electrons. The fourth-order valence-electron chi connectivity index (χ4n) is 3.28. The molecule has 1 aromatic carbocycles. The van der Waals surface area contributed by atoms with Crippen LogP contribution in [0.25, 0.3) is 0 Å². The van der Waals surface area contributed by atoms with Crippen molar-refractivity contribution >= 4 is 15.7 Å². The largest absolute Gasteiger partial charge is 0.377 e. The van der Waals surface area contributed by atoms with Crippen LogP contribution < -0.4 is 0 Å². The highest BCUT2D eigenvalue weighted by Crippen LogP contribution is 2.14. The lowest BCUT2D eigenvalue weighted by Crippen LogP contribution is -2.39. The molecule has 0 radical (unpaired) electrons. The first-order valence-corrected chi connectivity index (χ1v) is 10.7. The van der Waals surface area contributed by atoms with Crippen LogP contribution in [-0.2, 0) is 21.1 Å². The molecule has 25 heavy (non-hydrogen) atoms. The molecule has 1 atom stereocenters. The van der Waals surface area contributed by atoms with E-state index in [4.69, 9.17) is 4.74 Å². The minimum Gasteiger partial charge on any atom is -0.377 e. The molecule has 1 amide bonds. The Balaban J connectivity index is 1.59. The second-order valence-electron chi connectivity index (χ2n) is 6.91. The van der Waals surface area contributed by atoms with E-state index >= 15 is 0 Å². The van der Waals surface area contributed by atoms with Crippen molar-refractivity contribution in [3.63, 3.8) is 0 Å². The van der Waals surface area contributed by atoms with Gasteiger partial charge in [-0.2, -0.15) is 0 Å². The van der Waals surface area contributed by atoms with Gasteiger partial charge in [0.15, 0.2) is 9.84 Å². The zero-order valence-electron chi connectivity index (χ0n) is 14.7. The average molecular weight is 366 g/mol. The SMILES string of the molecule is C[C@@H]1CN(C(=O)c2ccc(CN3CCS(=O)(=O)CC3)cc2)CCCO1. The van der Waals surface area contributed by atoms with Gasteiger partial charge in [-0.25, -0.2) is 8.42 Å². The van der Waals surface area contributed by atoms with Gasteiger partial charge in [0.25, 0.3) is 5.91 Å². The van der Waals surface area contributed by atoms with Crippen LogP contribution in [0.15, 0.2) is 24.3 Å². The molecule has 7 heteroatoms. The van der Waals surface area contributed by atoms with Crippen molar-refractivity contribution in [2.45, 2.75) is 26.0 Å². The van der Waals surface area contributed by atoms with E-state index in [0.29, 0.717) is 31.8 Å². The normalized spacial score (nSPS) is 24.7. The van der Waals surface area contributed by atoms with Gasteiger partial charge in [0.2, 0.25) is 0 Å². The van der Waals surface area contributed by atoms with Gasteiger partial charge in [-0.3, -0.25) is 9.69 Å². The van der Waals surface area contributed by atoms with E-state index in [1.807, 2.05) is 36.1 Å². The molecule has 2 aliphatic rings. The molecule has 2 aliphatic heterocycles. The Morgan fingerprint density at radius 1 is 1.16 bits per heavy atom. The van der Waals surface area contributed by atoms with Crippen molar-refractivity contribution in [2.24, 2.45) is 0 Å². The number of sulfone groups is 1. The van der Waals surface area contributed by atoms with Crippen molar-refractivity contribution in [2.75, 3.05) is 44.3 Å². The Labute approximate surface area is 149 Å². The molecule has 0 aromatic heterocycles. The van der Waals surface area contributed by atoms with E-state index in [1.165, 1.54) is 0 Å². The molecule has 0 N–H and O–H groups in total. The lowest BCUT2D eigenvalue weighted by atomic mass is 10.1. The summed E-state index contributed by atoms with van der Waals surface area (Å²) in [6, 6.07) is 7.67. The Morgan fingerprint density at radius 2 is 1.84 bits per heavy atom. The molecule has 2 saturated heterocycles. The number of ether oxygens (including phenoxy) is 1. The third-order valence-corrected chi connectivity index (χ3v) is 6.39. The van der Waals surface area contributed by atoms with Gasteiger partial charge in [-0.1, -0.05) is 12.1 Å². The number of nitrogens with zero attached hydrogens (tertiary/aromatic N) is 2. The minimum absolute atomic E-state index is 0.0490. The Bertz CT molecular complexity index is 688. The van der Waals surface area contributed by atoms with Crippen molar-refractivity contribution in [3.8, 4) is 0 Å². The third kappa shape index (κ3) is 5.03. The Hall–Kier alpha value is -1.44. The summed E-state index contributed by atoms with van der Waals surface area (Å²) in [5, 5.41) is 0. The van der Waals surface area contributed by atoms with Gasteiger partial charge in [0.05, 0.1) is 17.6 Å². The number of carbonyl (C=O) groups is 1. The predicted molar refractivity (Wildman–Crippen MR) is 96.3 cm³/mol. The summed E-state index contributed by atoms with van der Waals surface area (Å²) in [5.74, 6) is 0.519. The molecule has 0 bridgehead atoms. The fourth-order valence-corrected chi connectivity index (χ4v) is 4.56. The monoisotopic (exact) mass is 366 g/mol. The molecule has 2 fully saturated rings. The lowest BCUT2D eigenvalue weighted by molar-refractivity contribution is 0.0562. The highest BCUT2D eigenvalue weighted by Gasteiger charge is 2.23. The van der Waals surface area contributed by atoms with E-state index in [1.54, 1.807) is 0 Å². The molecule has 3 rings (SSSR count).